The summed E-state index contributed by atoms with van der Waals surface area (Å²) in [6.07, 6.45) is 0. The molecule has 0 saturated carbocycles. The van der Waals surface area contributed by atoms with Gasteiger partial charge in [-0.25, -0.2) is 22.9 Å². The number of nitrogens with zero attached hydrogens (tertiary/aromatic N) is 5. The van der Waals surface area contributed by atoms with Crippen LogP contribution in [-0.4, -0.2) is 54.8 Å². The SMILES string of the molecule is CCOC(=O)c1cc(C#N)c(N2CC(C(=O)NS(=O)(=O)c3c(C)nn(C)c3Cl)C2)nc1C. The highest BCUT2D eigenvalue weighted by atomic mass is 35.5. The van der Waals surface area contributed by atoms with Crippen LogP contribution in [0.1, 0.15) is 34.2 Å². The van der Waals surface area contributed by atoms with Crippen molar-refractivity contribution in [3.05, 3.63) is 33.7 Å². The van der Waals surface area contributed by atoms with Gasteiger partial charge in [0.15, 0.2) is 0 Å². The minimum Gasteiger partial charge on any atom is -0.462 e. The van der Waals surface area contributed by atoms with E-state index < -0.39 is 27.8 Å². The lowest BCUT2D eigenvalue weighted by atomic mass is 9.98. The van der Waals surface area contributed by atoms with Crippen molar-refractivity contribution in [1.29, 1.82) is 5.26 Å². The van der Waals surface area contributed by atoms with Crippen LogP contribution in [0.25, 0.3) is 0 Å². The van der Waals surface area contributed by atoms with Crippen LogP contribution in [0.3, 0.4) is 0 Å². The number of ether oxygens (including phenoxy) is 1. The minimum absolute atomic E-state index is 0.0990. The molecule has 1 amide bonds. The third kappa shape index (κ3) is 4.26. The van der Waals surface area contributed by atoms with Gasteiger partial charge in [-0.15, -0.1) is 0 Å². The van der Waals surface area contributed by atoms with E-state index in [1.54, 1.807) is 18.7 Å². The number of sulfonamides is 1. The molecule has 0 spiro atoms. The van der Waals surface area contributed by atoms with Crippen LogP contribution in [0.5, 0.6) is 0 Å². The maximum absolute atomic E-state index is 12.6. The van der Waals surface area contributed by atoms with Crippen molar-refractivity contribution in [2.45, 2.75) is 25.7 Å². The van der Waals surface area contributed by atoms with Gasteiger partial charge in [0.25, 0.3) is 10.0 Å². The molecule has 0 radical (unpaired) electrons. The standard InChI is InChI=1S/C19H21ClN6O5S/c1-5-31-19(28)14-6-12(7-21)17(22-10(14)2)26-8-13(9-26)18(27)24-32(29,30)15-11(3)23-25(4)16(15)20/h6,13H,5,8-9H2,1-4H3,(H,24,27). The molecule has 11 nitrogen and oxygen atoms in total. The molecule has 0 aromatic carbocycles. The van der Waals surface area contributed by atoms with E-state index in [0.29, 0.717) is 11.5 Å². The molecule has 1 saturated heterocycles. The predicted molar refractivity (Wildman–Crippen MR) is 114 cm³/mol. The Hall–Kier alpha value is -3.17. The molecular formula is C19H21ClN6O5S. The molecular weight excluding hydrogens is 460 g/mol. The summed E-state index contributed by atoms with van der Waals surface area (Å²) < 4.78 is 33.4. The fraction of sp³-hybridized carbons (Fsp3) is 0.421. The van der Waals surface area contributed by atoms with Crippen molar-refractivity contribution >= 4 is 39.3 Å². The zero-order valence-electron chi connectivity index (χ0n) is 17.8. The van der Waals surface area contributed by atoms with Crippen LogP contribution in [0.4, 0.5) is 5.82 Å². The average molecular weight is 481 g/mol. The van der Waals surface area contributed by atoms with Crippen molar-refractivity contribution in [3.8, 4) is 6.07 Å². The topological polar surface area (TPSA) is 147 Å². The number of carbonyl (C=O) groups excluding carboxylic acids is 2. The molecule has 0 aliphatic carbocycles. The largest absolute Gasteiger partial charge is 0.462 e. The van der Waals surface area contributed by atoms with E-state index in [0.717, 1.165) is 0 Å². The maximum Gasteiger partial charge on any atom is 0.340 e. The highest BCUT2D eigenvalue weighted by Gasteiger charge is 2.38. The number of halogens is 1. The Morgan fingerprint density at radius 2 is 2.00 bits per heavy atom. The second-order valence-electron chi connectivity index (χ2n) is 7.23. The first-order valence-electron chi connectivity index (χ1n) is 9.59. The van der Waals surface area contributed by atoms with E-state index in [2.05, 4.69) is 10.1 Å². The molecule has 2 aromatic rings. The molecule has 13 heteroatoms. The highest BCUT2D eigenvalue weighted by Crippen LogP contribution is 2.29. The van der Waals surface area contributed by atoms with Gasteiger partial charge in [0, 0.05) is 20.1 Å². The van der Waals surface area contributed by atoms with Crippen molar-refractivity contribution < 1.29 is 22.7 Å². The first kappa shape index (κ1) is 23.5. The van der Waals surface area contributed by atoms with Crippen molar-refractivity contribution in [1.82, 2.24) is 19.5 Å². The smallest absolute Gasteiger partial charge is 0.340 e. The number of anilines is 1. The number of nitrogens with one attached hydrogen (secondary N) is 1. The number of pyridine rings is 1. The van der Waals surface area contributed by atoms with E-state index in [9.17, 15) is 23.3 Å². The number of nitriles is 1. The molecule has 1 aliphatic rings. The van der Waals surface area contributed by atoms with Gasteiger partial charge in [-0.05, 0) is 26.8 Å². The minimum atomic E-state index is -4.20. The van der Waals surface area contributed by atoms with Gasteiger partial charge in [-0.2, -0.15) is 10.4 Å². The molecule has 2 aromatic heterocycles. The maximum atomic E-state index is 12.6. The fourth-order valence-corrected chi connectivity index (χ4v) is 5.13. The normalized spacial score (nSPS) is 13.9. The van der Waals surface area contributed by atoms with Gasteiger partial charge in [-0.1, -0.05) is 11.6 Å². The number of amides is 1. The van der Waals surface area contributed by atoms with Gasteiger partial charge in [0.05, 0.1) is 35.0 Å². The summed E-state index contributed by atoms with van der Waals surface area (Å²) in [4.78, 5) is 30.3. The Bertz CT molecular complexity index is 1240. The lowest BCUT2D eigenvalue weighted by molar-refractivity contribution is -0.123. The number of aromatic nitrogens is 3. The number of hydrogen-bond donors (Lipinski definition) is 1. The molecule has 3 rings (SSSR count). The summed E-state index contributed by atoms with van der Waals surface area (Å²) in [6, 6.07) is 3.40. The van der Waals surface area contributed by atoms with Gasteiger partial charge in [-0.3, -0.25) is 9.48 Å². The molecule has 170 valence electrons. The predicted octanol–water partition coefficient (Wildman–Crippen LogP) is 1.08. The van der Waals surface area contributed by atoms with E-state index in [4.69, 9.17) is 16.3 Å². The van der Waals surface area contributed by atoms with E-state index >= 15 is 0 Å². The number of hydrogen-bond acceptors (Lipinski definition) is 9. The summed E-state index contributed by atoms with van der Waals surface area (Å²) >= 11 is 6.01. The molecule has 1 aliphatic heterocycles. The summed E-state index contributed by atoms with van der Waals surface area (Å²) in [5.41, 5.74) is 0.905. The number of esters is 1. The second kappa shape index (κ2) is 8.76. The van der Waals surface area contributed by atoms with E-state index in [1.165, 1.54) is 24.7 Å². The Labute approximate surface area is 190 Å². The van der Waals surface area contributed by atoms with Crippen LogP contribution in [0, 0.1) is 31.1 Å². The molecule has 0 unspecified atom stereocenters. The van der Waals surface area contributed by atoms with Crippen molar-refractivity contribution in [2.75, 3.05) is 24.6 Å². The number of carbonyl (C=O) groups is 2. The quantitative estimate of drug-likeness (QED) is 0.599. The van der Waals surface area contributed by atoms with Gasteiger partial charge < -0.3 is 9.64 Å². The second-order valence-corrected chi connectivity index (χ2v) is 9.20. The lowest BCUT2D eigenvalue weighted by Gasteiger charge is -2.39. The van der Waals surface area contributed by atoms with Crippen LogP contribution in [0.15, 0.2) is 11.0 Å². The number of rotatable bonds is 6. The Kier molecular flexibility index (Phi) is 6.43. The summed E-state index contributed by atoms with van der Waals surface area (Å²) in [6.45, 7) is 5.27. The van der Waals surface area contributed by atoms with Gasteiger partial charge in [0.1, 0.15) is 21.9 Å². The van der Waals surface area contributed by atoms with Gasteiger partial charge >= 0.3 is 5.97 Å². The van der Waals surface area contributed by atoms with Crippen LogP contribution >= 0.6 is 11.6 Å². The molecule has 1 N–H and O–H groups in total. The number of aryl methyl sites for hydroxylation is 3. The zero-order chi connectivity index (χ0) is 23.8. The lowest BCUT2D eigenvalue weighted by Crippen LogP contribution is -2.55. The molecule has 3 heterocycles. The Morgan fingerprint density at radius 3 is 2.53 bits per heavy atom. The monoisotopic (exact) mass is 480 g/mol. The first-order valence-corrected chi connectivity index (χ1v) is 11.5. The zero-order valence-corrected chi connectivity index (χ0v) is 19.4. The Balaban J connectivity index is 1.73. The Morgan fingerprint density at radius 1 is 1.34 bits per heavy atom. The highest BCUT2D eigenvalue weighted by molar-refractivity contribution is 7.90. The van der Waals surface area contributed by atoms with Crippen molar-refractivity contribution in [2.24, 2.45) is 13.0 Å². The van der Waals surface area contributed by atoms with Crippen LogP contribution < -0.4 is 9.62 Å². The third-order valence-electron chi connectivity index (χ3n) is 4.96. The van der Waals surface area contributed by atoms with E-state index in [-0.39, 0.29) is 46.6 Å². The first-order chi connectivity index (χ1) is 15.0. The summed E-state index contributed by atoms with van der Waals surface area (Å²) in [5, 5.41) is 13.3. The fourth-order valence-electron chi connectivity index (χ4n) is 3.33. The average Bonchev–Trinajstić information content (AvgIpc) is 2.92. The molecule has 0 atom stereocenters. The molecule has 32 heavy (non-hydrogen) atoms. The van der Waals surface area contributed by atoms with E-state index in [1.807, 2.05) is 10.8 Å². The molecule has 0 bridgehead atoms. The van der Waals surface area contributed by atoms with Crippen LogP contribution in [-0.2, 0) is 26.6 Å². The third-order valence-corrected chi connectivity index (χ3v) is 7.01. The summed E-state index contributed by atoms with van der Waals surface area (Å²) in [7, 11) is -2.70. The molecule has 1 fully saturated rings. The van der Waals surface area contributed by atoms with Crippen LogP contribution in [0.2, 0.25) is 5.15 Å². The summed E-state index contributed by atoms with van der Waals surface area (Å²) in [5.74, 6) is -1.59. The van der Waals surface area contributed by atoms with Crippen molar-refractivity contribution in [3.63, 3.8) is 0 Å². The van der Waals surface area contributed by atoms with Gasteiger partial charge in [0.2, 0.25) is 5.91 Å².